The Morgan fingerprint density at radius 3 is 2.64 bits per heavy atom. The molecule has 1 aliphatic carbocycles. The van der Waals surface area contributed by atoms with Gasteiger partial charge in [-0.25, -0.2) is 4.98 Å². The van der Waals surface area contributed by atoms with Gasteiger partial charge in [0.25, 0.3) is 5.91 Å². The van der Waals surface area contributed by atoms with E-state index < -0.39 is 12.1 Å². The largest absolute Gasteiger partial charge is 0.474 e. The summed E-state index contributed by atoms with van der Waals surface area (Å²) in [5.74, 6) is -1.45. The zero-order valence-corrected chi connectivity index (χ0v) is 14.1. The standard InChI is InChI=1S/C18H23F3N2O2/c19-18(20,21)14-5-4-10-23(12-14)17(24)13-8-9-22-16(11-13)25-15-6-2-1-3-7-15/h8-9,11,14-15H,1-7,10,12H2/t14-/m0/s1. The Labute approximate surface area is 145 Å². The number of likely N-dealkylation sites (tertiary alicyclic amines) is 1. The first-order chi connectivity index (χ1) is 11.9. The molecule has 1 saturated carbocycles. The monoisotopic (exact) mass is 356 g/mol. The maximum atomic E-state index is 12.9. The quantitative estimate of drug-likeness (QED) is 0.815. The topological polar surface area (TPSA) is 42.4 Å². The number of nitrogens with zero attached hydrogens (tertiary/aromatic N) is 2. The summed E-state index contributed by atoms with van der Waals surface area (Å²) in [6, 6.07) is 3.08. The molecular formula is C18H23F3N2O2. The van der Waals surface area contributed by atoms with Gasteiger partial charge >= 0.3 is 6.18 Å². The molecule has 1 aromatic heterocycles. The van der Waals surface area contributed by atoms with Crippen molar-refractivity contribution in [2.45, 2.75) is 57.2 Å². The Hall–Kier alpha value is -1.79. The van der Waals surface area contributed by atoms with Gasteiger partial charge in [0, 0.05) is 30.9 Å². The van der Waals surface area contributed by atoms with Gasteiger partial charge in [-0.1, -0.05) is 6.42 Å². The predicted molar refractivity (Wildman–Crippen MR) is 86.4 cm³/mol. The summed E-state index contributed by atoms with van der Waals surface area (Å²) in [4.78, 5) is 18.0. The van der Waals surface area contributed by atoms with Crippen LogP contribution < -0.4 is 4.74 Å². The maximum absolute atomic E-state index is 12.9. The van der Waals surface area contributed by atoms with Crippen molar-refractivity contribution in [2.24, 2.45) is 5.92 Å². The van der Waals surface area contributed by atoms with E-state index in [9.17, 15) is 18.0 Å². The van der Waals surface area contributed by atoms with E-state index in [-0.39, 0.29) is 25.0 Å². The lowest BCUT2D eigenvalue weighted by Gasteiger charge is -2.33. The van der Waals surface area contributed by atoms with Crippen LogP contribution in [-0.4, -0.2) is 41.2 Å². The zero-order valence-electron chi connectivity index (χ0n) is 14.1. The number of hydrogen-bond donors (Lipinski definition) is 0. The lowest BCUT2D eigenvalue weighted by Crippen LogP contribution is -2.44. The summed E-state index contributed by atoms with van der Waals surface area (Å²) in [5.41, 5.74) is 0.337. The summed E-state index contributed by atoms with van der Waals surface area (Å²) in [7, 11) is 0. The molecule has 2 heterocycles. The third kappa shape index (κ3) is 4.64. The SMILES string of the molecule is O=C(c1ccnc(OC2CCCCC2)c1)N1CCC[C@H](C(F)(F)F)C1. The predicted octanol–water partition coefficient (Wildman–Crippen LogP) is 4.21. The van der Waals surface area contributed by atoms with E-state index in [2.05, 4.69) is 4.98 Å². The lowest BCUT2D eigenvalue weighted by atomic mass is 9.97. The molecule has 1 atom stereocenters. The van der Waals surface area contributed by atoms with Crippen molar-refractivity contribution in [2.75, 3.05) is 13.1 Å². The van der Waals surface area contributed by atoms with Crippen LogP contribution in [0.5, 0.6) is 5.88 Å². The van der Waals surface area contributed by atoms with Gasteiger partial charge in [0.05, 0.1) is 5.92 Å². The molecule has 138 valence electrons. The number of ether oxygens (including phenoxy) is 1. The number of halogens is 3. The molecule has 3 rings (SSSR count). The molecule has 1 aliphatic heterocycles. The van der Waals surface area contributed by atoms with E-state index in [1.807, 2.05) is 0 Å². The van der Waals surface area contributed by atoms with Gasteiger partial charge in [0.1, 0.15) is 6.10 Å². The van der Waals surface area contributed by atoms with Gasteiger partial charge in [-0.15, -0.1) is 0 Å². The molecule has 25 heavy (non-hydrogen) atoms. The van der Waals surface area contributed by atoms with Crippen LogP contribution in [0.15, 0.2) is 18.3 Å². The van der Waals surface area contributed by atoms with Gasteiger partial charge in [0.2, 0.25) is 5.88 Å². The first kappa shape index (κ1) is 18.0. The summed E-state index contributed by atoms with van der Waals surface area (Å²) >= 11 is 0. The van der Waals surface area contributed by atoms with Gasteiger partial charge in [-0.2, -0.15) is 13.2 Å². The van der Waals surface area contributed by atoms with Crippen LogP contribution in [0.25, 0.3) is 0 Å². The number of alkyl halides is 3. The maximum Gasteiger partial charge on any atom is 0.393 e. The number of carbonyl (C=O) groups excluding carboxylic acids is 1. The molecule has 0 unspecified atom stereocenters. The van der Waals surface area contributed by atoms with E-state index in [4.69, 9.17) is 4.74 Å². The molecule has 0 aromatic carbocycles. The molecule has 1 amide bonds. The van der Waals surface area contributed by atoms with Crippen LogP contribution in [0.4, 0.5) is 13.2 Å². The molecule has 7 heteroatoms. The molecule has 1 aromatic rings. The minimum atomic E-state index is -4.26. The summed E-state index contributed by atoms with van der Waals surface area (Å²) < 4.78 is 44.7. The molecule has 1 saturated heterocycles. The van der Waals surface area contributed by atoms with E-state index in [1.165, 1.54) is 23.6 Å². The smallest absolute Gasteiger partial charge is 0.393 e. The average molecular weight is 356 g/mol. The highest BCUT2D eigenvalue weighted by Crippen LogP contribution is 2.33. The first-order valence-corrected chi connectivity index (χ1v) is 8.92. The van der Waals surface area contributed by atoms with Crippen molar-refractivity contribution >= 4 is 5.91 Å². The Balaban J connectivity index is 1.66. The van der Waals surface area contributed by atoms with Gasteiger partial charge in [0.15, 0.2) is 0 Å². The highest BCUT2D eigenvalue weighted by molar-refractivity contribution is 5.94. The van der Waals surface area contributed by atoms with Crippen LogP contribution >= 0.6 is 0 Å². The van der Waals surface area contributed by atoms with Crippen molar-refractivity contribution in [1.29, 1.82) is 0 Å². The van der Waals surface area contributed by atoms with Gasteiger partial charge in [-0.05, 0) is 44.6 Å². The normalized spacial score (nSPS) is 22.7. The number of piperidine rings is 1. The number of pyridine rings is 1. The van der Waals surface area contributed by atoms with Crippen LogP contribution in [0.1, 0.15) is 55.3 Å². The van der Waals surface area contributed by atoms with Crippen molar-refractivity contribution in [1.82, 2.24) is 9.88 Å². The van der Waals surface area contributed by atoms with Crippen LogP contribution in [0, 0.1) is 5.92 Å². The van der Waals surface area contributed by atoms with Crippen LogP contribution in [0.3, 0.4) is 0 Å². The van der Waals surface area contributed by atoms with Gasteiger partial charge in [-0.3, -0.25) is 4.79 Å². The third-order valence-corrected chi connectivity index (χ3v) is 4.99. The van der Waals surface area contributed by atoms with E-state index in [1.54, 1.807) is 6.07 Å². The fourth-order valence-electron chi connectivity index (χ4n) is 3.57. The second-order valence-electron chi connectivity index (χ2n) is 6.89. The van der Waals surface area contributed by atoms with Crippen molar-refractivity contribution < 1.29 is 22.7 Å². The molecular weight excluding hydrogens is 333 g/mol. The minimum absolute atomic E-state index is 0.0830. The van der Waals surface area contributed by atoms with Crippen molar-refractivity contribution in [3.8, 4) is 5.88 Å². The van der Waals surface area contributed by atoms with Crippen molar-refractivity contribution in [3.63, 3.8) is 0 Å². The Bertz CT molecular complexity index is 600. The molecule has 0 radical (unpaired) electrons. The van der Waals surface area contributed by atoms with Crippen LogP contribution in [0.2, 0.25) is 0 Å². The van der Waals surface area contributed by atoms with Crippen molar-refractivity contribution in [3.05, 3.63) is 23.9 Å². The van der Waals surface area contributed by atoms with E-state index in [0.717, 1.165) is 25.7 Å². The highest BCUT2D eigenvalue weighted by Gasteiger charge is 2.42. The second-order valence-corrected chi connectivity index (χ2v) is 6.89. The number of hydrogen-bond acceptors (Lipinski definition) is 3. The summed E-state index contributed by atoms with van der Waals surface area (Å²) in [5, 5.41) is 0. The Morgan fingerprint density at radius 2 is 1.92 bits per heavy atom. The fraction of sp³-hybridized carbons (Fsp3) is 0.667. The summed E-state index contributed by atoms with van der Waals surface area (Å²) in [6.45, 7) is 0.0794. The molecule has 2 aliphatic rings. The number of aromatic nitrogens is 1. The number of amides is 1. The molecule has 0 spiro atoms. The van der Waals surface area contributed by atoms with E-state index in [0.29, 0.717) is 24.4 Å². The molecule has 4 nitrogen and oxygen atoms in total. The number of rotatable bonds is 3. The lowest BCUT2D eigenvalue weighted by molar-refractivity contribution is -0.184. The van der Waals surface area contributed by atoms with Crippen LogP contribution in [-0.2, 0) is 0 Å². The second kappa shape index (κ2) is 7.62. The van der Waals surface area contributed by atoms with Gasteiger partial charge < -0.3 is 9.64 Å². The third-order valence-electron chi connectivity index (χ3n) is 4.99. The highest BCUT2D eigenvalue weighted by atomic mass is 19.4. The first-order valence-electron chi connectivity index (χ1n) is 8.92. The Morgan fingerprint density at radius 1 is 1.16 bits per heavy atom. The molecule has 2 fully saturated rings. The summed E-state index contributed by atoms with van der Waals surface area (Å²) in [6.07, 6.45) is 3.18. The molecule has 0 bridgehead atoms. The minimum Gasteiger partial charge on any atom is -0.474 e. The zero-order chi connectivity index (χ0) is 17.9. The fourth-order valence-corrected chi connectivity index (χ4v) is 3.57. The van der Waals surface area contributed by atoms with E-state index >= 15 is 0 Å². The Kier molecular flexibility index (Phi) is 5.49. The average Bonchev–Trinajstić information content (AvgIpc) is 2.61. The number of carbonyl (C=O) groups is 1. The molecule has 0 N–H and O–H groups in total.